The first kappa shape index (κ1) is 14.5. The molecule has 0 aromatic heterocycles. The number of carbonyl (C=O) groups is 1. The van der Waals surface area contributed by atoms with Crippen molar-refractivity contribution >= 4 is 16.1 Å². The summed E-state index contributed by atoms with van der Waals surface area (Å²) in [6.45, 7) is 0.915. The minimum Gasteiger partial charge on any atom is -0.333 e. The van der Waals surface area contributed by atoms with Gasteiger partial charge in [0.25, 0.3) is 10.2 Å². The molecule has 0 unspecified atom stereocenters. The zero-order valence-electron chi connectivity index (χ0n) is 12.2. The lowest BCUT2D eigenvalue weighted by atomic mass is 9.91. The van der Waals surface area contributed by atoms with Crippen molar-refractivity contribution in [2.75, 3.05) is 33.7 Å². The third kappa shape index (κ3) is 2.35. The molecule has 1 amide bonds. The van der Waals surface area contributed by atoms with Gasteiger partial charge in [-0.15, -0.1) is 0 Å². The number of hydrogen-bond donors (Lipinski definition) is 0. The molecular weight excluding hydrogens is 290 g/mol. The molecule has 7 heteroatoms. The fourth-order valence-corrected chi connectivity index (χ4v) is 4.12. The van der Waals surface area contributed by atoms with E-state index >= 15 is 0 Å². The molecule has 0 saturated carbocycles. The van der Waals surface area contributed by atoms with E-state index in [1.54, 1.807) is 0 Å². The van der Waals surface area contributed by atoms with Crippen LogP contribution in [0.2, 0.25) is 0 Å². The summed E-state index contributed by atoms with van der Waals surface area (Å²) in [6, 6.07) is 7.78. The van der Waals surface area contributed by atoms with Gasteiger partial charge in [-0.3, -0.25) is 4.79 Å². The van der Waals surface area contributed by atoms with Crippen LogP contribution in [0.4, 0.5) is 0 Å². The summed E-state index contributed by atoms with van der Waals surface area (Å²) >= 11 is 0. The van der Waals surface area contributed by atoms with Gasteiger partial charge in [0.15, 0.2) is 0 Å². The van der Waals surface area contributed by atoms with Crippen LogP contribution < -0.4 is 0 Å². The number of fused-ring (bicyclic) bond motifs is 3. The predicted octanol–water partition coefficient (Wildman–Crippen LogP) is 0.234. The van der Waals surface area contributed by atoms with Gasteiger partial charge in [0.05, 0.1) is 12.6 Å². The van der Waals surface area contributed by atoms with E-state index in [2.05, 4.69) is 6.07 Å². The Hall–Kier alpha value is -1.44. The molecule has 3 rings (SSSR count). The van der Waals surface area contributed by atoms with Gasteiger partial charge in [-0.25, -0.2) is 0 Å². The molecule has 1 fully saturated rings. The topological polar surface area (TPSA) is 60.9 Å². The van der Waals surface area contributed by atoms with E-state index in [-0.39, 0.29) is 18.5 Å². The summed E-state index contributed by atoms with van der Waals surface area (Å²) < 4.78 is 27.0. The molecule has 1 aromatic carbocycles. The van der Waals surface area contributed by atoms with Gasteiger partial charge < -0.3 is 4.90 Å². The van der Waals surface area contributed by atoms with E-state index in [0.29, 0.717) is 13.1 Å². The summed E-state index contributed by atoms with van der Waals surface area (Å²) in [5.41, 5.74) is 2.27. The lowest BCUT2D eigenvalue weighted by Crippen LogP contribution is -2.57. The second-order valence-corrected chi connectivity index (χ2v) is 7.78. The average molecular weight is 309 g/mol. The lowest BCUT2D eigenvalue weighted by molar-refractivity contribution is -0.138. The highest BCUT2D eigenvalue weighted by molar-refractivity contribution is 7.86. The molecule has 1 saturated heterocycles. The predicted molar refractivity (Wildman–Crippen MR) is 78.8 cm³/mol. The fraction of sp³-hybridized carbons (Fsp3) is 0.500. The maximum absolute atomic E-state index is 12.3. The molecule has 0 bridgehead atoms. The minimum atomic E-state index is -3.57. The second kappa shape index (κ2) is 5.08. The Morgan fingerprint density at radius 3 is 2.67 bits per heavy atom. The summed E-state index contributed by atoms with van der Waals surface area (Å²) in [7, 11) is -0.593. The van der Waals surface area contributed by atoms with Gasteiger partial charge in [-0.1, -0.05) is 24.3 Å². The Kier molecular flexibility index (Phi) is 3.51. The van der Waals surface area contributed by atoms with Gasteiger partial charge in [0.1, 0.15) is 0 Å². The highest BCUT2D eigenvalue weighted by Gasteiger charge is 2.41. The van der Waals surface area contributed by atoms with Crippen molar-refractivity contribution in [2.24, 2.45) is 0 Å². The quantitative estimate of drug-likeness (QED) is 0.786. The van der Waals surface area contributed by atoms with Crippen molar-refractivity contribution in [1.29, 1.82) is 0 Å². The normalized spacial score (nSPS) is 23.1. The minimum absolute atomic E-state index is 0.0703. The zero-order valence-corrected chi connectivity index (χ0v) is 13.0. The Morgan fingerprint density at radius 1 is 1.24 bits per heavy atom. The third-order valence-electron chi connectivity index (χ3n) is 4.21. The number of carbonyl (C=O) groups excluding carboxylic acids is 1. The van der Waals surface area contributed by atoms with Crippen molar-refractivity contribution in [3.05, 3.63) is 35.4 Å². The van der Waals surface area contributed by atoms with E-state index in [1.807, 2.05) is 23.1 Å². The number of piperazine rings is 1. The number of rotatable bonds is 2. The maximum atomic E-state index is 12.3. The number of nitrogens with zero attached hydrogens (tertiary/aromatic N) is 3. The highest BCUT2D eigenvalue weighted by atomic mass is 32.2. The van der Waals surface area contributed by atoms with Crippen molar-refractivity contribution in [1.82, 2.24) is 13.5 Å². The third-order valence-corrected chi connectivity index (χ3v) is 6.06. The van der Waals surface area contributed by atoms with Crippen LogP contribution in [0.5, 0.6) is 0 Å². The zero-order chi connectivity index (χ0) is 15.2. The van der Waals surface area contributed by atoms with Crippen molar-refractivity contribution in [3.63, 3.8) is 0 Å². The monoisotopic (exact) mass is 309 g/mol. The summed E-state index contributed by atoms with van der Waals surface area (Å²) in [5.74, 6) is -0.119. The van der Waals surface area contributed by atoms with Crippen LogP contribution in [0.25, 0.3) is 0 Å². The molecule has 0 spiro atoms. The first-order valence-corrected chi connectivity index (χ1v) is 8.36. The van der Waals surface area contributed by atoms with Crippen LogP contribution in [0.1, 0.15) is 17.2 Å². The molecule has 0 aliphatic carbocycles. The lowest BCUT2D eigenvalue weighted by Gasteiger charge is -2.44. The molecule has 1 atom stereocenters. The van der Waals surface area contributed by atoms with Crippen molar-refractivity contribution in [3.8, 4) is 0 Å². The van der Waals surface area contributed by atoms with E-state index in [1.165, 1.54) is 24.0 Å². The number of amides is 1. The standard InChI is InChI=1S/C14H19N3O3S/c1-15(2)21(19,20)16-9-13-12-6-4-3-5-11(12)7-8-17(13)14(18)10-16/h3-6,13H,7-10H2,1-2H3/t13-/m1/s1. The number of benzene rings is 1. The number of hydrogen-bond acceptors (Lipinski definition) is 3. The Balaban J connectivity index is 1.97. The smallest absolute Gasteiger partial charge is 0.282 e. The molecule has 0 N–H and O–H groups in total. The van der Waals surface area contributed by atoms with Crippen LogP contribution in [0.15, 0.2) is 24.3 Å². The SMILES string of the molecule is CN(C)S(=O)(=O)N1CC(=O)N2CCc3ccccc3[C@H]2C1. The molecular formula is C14H19N3O3S. The molecule has 21 heavy (non-hydrogen) atoms. The van der Waals surface area contributed by atoms with Crippen LogP contribution in [0.3, 0.4) is 0 Å². The van der Waals surface area contributed by atoms with Gasteiger partial charge in [0.2, 0.25) is 5.91 Å². The maximum Gasteiger partial charge on any atom is 0.282 e. The molecule has 0 radical (unpaired) electrons. The van der Waals surface area contributed by atoms with Crippen LogP contribution in [-0.2, 0) is 21.4 Å². The van der Waals surface area contributed by atoms with E-state index < -0.39 is 10.2 Å². The Bertz CT molecular complexity index is 672. The van der Waals surface area contributed by atoms with E-state index in [4.69, 9.17) is 0 Å². The molecule has 1 aromatic rings. The molecule has 2 heterocycles. The average Bonchev–Trinajstić information content (AvgIpc) is 2.46. The van der Waals surface area contributed by atoms with Crippen LogP contribution in [0, 0.1) is 0 Å². The first-order chi connectivity index (χ1) is 9.91. The first-order valence-electron chi connectivity index (χ1n) is 6.96. The fourth-order valence-electron chi connectivity index (χ4n) is 3.05. The van der Waals surface area contributed by atoms with Gasteiger partial charge in [-0.2, -0.15) is 17.0 Å². The van der Waals surface area contributed by atoms with E-state index in [9.17, 15) is 13.2 Å². The second-order valence-electron chi connectivity index (χ2n) is 5.63. The summed E-state index contributed by atoms with van der Waals surface area (Å²) in [4.78, 5) is 14.1. The Labute approximate surface area is 125 Å². The van der Waals surface area contributed by atoms with Gasteiger partial charge >= 0.3 is 0 Å². The molecule has 6 nitrogen and oxygen atoms in total. The molecule has 2 aliphatic heterocycles. The van der Waals surface area contributed by atoms with Crippen LogP contribution in [-0.4, -0.2) is 61.6 Å². The Morgan fingerprint density at radius 2 is 1.95 bits per heavy atom. The molecule has 2 aliphatic rings. The van der Waals surface area contributed by atoms with Gasteiger partial charge in [-0.05, 0) is 17.5 Å². The van der Waals surface area contributed by atoms with Crippen molar-refractivity contribution < 1.29 is 13.2 Å². The van der Waals surface area contributed by atoms with Gasteiger partial charge in [0, 0.05) is 27.2 Å². The summed E-state index contributed by atoms with van der Waals surface area (Å²) in [5, 5.41) is 0. The van der Waals surface area contributed by atoms with Crippen LogP contribution >= 0.6 is 0 Å². The summed E-state index contributed by atoms with van der Waals surface area (Å²) in [6.07, 6.45) is 0.832. The highest BCUT2D eigenvalue weighted by Crippen LogP contribution is 2.33. The van der Waals surface area contributed by atoms with Crippen molar-refractivity contribution in [2.45, 2.75) is 12.5 Å². The van der Waals surface area contributed by atoms with E-state index in [0.717, 1.165) is 16.3 Å². The largest absolute Gasteiger partial charge is 0.333 e. The molecule has 114 valence electrons.